The summed E-state index contributed by atoms with van der Waals surface area (Å²) in [5.74, 6) is 0.987. The Morgan fingerprint density at radius 2 is 1.63 bits per heavy atom. The van der Waals surface area contributed by atoms with Crippen LogP contribution < -0.4 is 5.32 Å². The smallest absolute Gasteiger partial charge is 0.0859 e. The van der Waals surface area contributed by atoms with Gasteiger partial charge in [0.1, 0.15) is 0 Å². The van der Waals surface area contributed by atoms with Gasteiger partial charge in [0.05, 0.1) is 18.1 Å². The lowest BCUT2D eigenvalue weighted by Crippen LogP contribution is -2.90. The lowest BCUT2D eigenvalue weighted by molar-refractivity contribution is -0.691. The van der Waals surface area contributed by atoms with Crippen LogP contribution in [0.15, 0.2) is 54.6 Å². The van der Waals surface area contributed by atoms with Gasteiger partial charge in [0.25, 0.3) is 0 Å². The molecule has 0 radical (unpaired) electrons. The van der Waals surface area contributed by atoms with E-state index in [0.717, 1.165) is 18.4 Å². The van der Waals surface area contributed by atoms with E-state index in [1.54, 1.807) is 0 Å². The predicted octanol–water partition coefficient (Wildman–Crippen LogP) is 5.01. The van der Waals surface area contributed by atoms with E-state index in [4.69, 9.17) is 0 Å². The number of hydrogen-bond acceptors (Lipinski definition) is 0. The van der Waals surface area contributed by atoms with Crippen molar-refractivity contribution in [3.63, 3.8) is 0 Å². The minimum Gasteiger partial charge on any atom is -0.344 e. The van der Waals surface area contributed by atoms with Gasteiger partial charge < -0.3 is 9.88 Å². The maximum Gasteiger partial charge on any atom is 0.0859 e. The van der Waals surface area contributed by atoms with Gasteiger partial charge in [-0.25, -0.2) is 0 Å². The zero-order valence-corrected chi connectivity index (χ0v) is 16.8. The molecule has 0 spiro atoms. The van der Waals surface area contributed by atoms with Crippen LogP contribution in [0, 0.1) is 12.8 Å². The van der Waals surface area contributed by atoms with Crippen LogP contribution in [0.5, 0.6) is 0 Å². The second-order valence-electron chi connectivity index (χ2n) is 8.22. The van der Waals surface area contributed by atoms with Crippen molar-refractivity contribution in [1.82, 2.24) is 4.57 Å². The van der Waals surface area contributed by atoms with Crippen molar-refractivity contribution in [2.24, 2.45) is 5.92 Å². The van der Waals surface area contributed by atoms with Crippen LogP contribution in [0.1, 0.15) is 50.3 Å². The van der Waals surface area contributed by atoms with Gasteiger partial charge >= 0.3 is 0 Å². The van der Waals surface area contributed by atoms with Crippen molar-refractivity contribution in [2.45, 2.75) is 58.4 Å². The van der Waals surface area contributed by atoms with Gasteiger partial charge in [-0.05, 0) is 62.3 Å². The Hall–Kier alpha value is -2.06. The molecule has 1 saturated carbocycles. The summed E-state index contributed by atoms with van der Waals surface area (Å²) in [4.78, 5) is 0. The number of hydrogen-bond donors (Lipinski definition) is 1. The monoisotopic (exact) mass is 361 g/mol. The lowest BCUT2D eigenvalue weighted by Gasteiger charge is -2.26. The number of quaternary nitrogens is 1. The quantitative estimate of drug-likeness (QED) is 0.637. The molecule has 0 amide bonds. The molecule has 1 aliphatic carbocycles. The predicted molar refractivity (Wildman–Crippen MR) is 115 cm³/mol. The molecule has 2 N–H and O–H groups in total. The number of aromatic nitrogens is 1. The third-order valence-electron chi connectivity index (χ3n) is 6.62. The average Bonchev–Trinajstić information content (AvgIpc) is 3.01. The van der Waals surface area contributed by atoms with Crippen molar-refractivity contribution < 1.29 is 5.32 Å². The third-order valence-corrected chi connectivity index (χ3v) is 6.62. The first-order valence-electron chi connectivity index (χ1n) is 10.8. The van der Waals surface area contributed by atoms with E-state index in [1.165, 1.54) is 66.5 Å². The fourth-order valence-corrected chi connectivity index (χ4v) is 4.96. The molecule has 1 heterocycles. The fraction of sp³-hybridized carbons (Fsp3) is 0.440. The summed E-state index contributed by atoms with van der Waals surface area (Å²) in [5, 5.41) is 4.04. The number of nitrogens with zero attached hydrogens (tertiary/aromatic N) is 1. The highest BCUT2D eigenvalue weighted by Crippen LogP contribution is 2.29. The Labute approximate surface area is 163 Å². The summed E-state index contributed by atoms with van der Waals surface area (Å²) < 4.78 is 2.43. The first kappa shape index (κ1) is 18.3. The molecule has 4 rings (SSSR count). The van der Waals surface area contributed by atoms with E-state index in [0.29, 0.717) is 0 Å². The lowest BCUT2D eigenvalue weighted by atomic mass is 9.84. The van der Waals surface area contributed by atoms with Crippen LogP contribution in [0.4, 0.5) is 0 Å². The van der Waals surface area contributed by atoms with Crippen LogP contribution in [0.3, 0.4) is 0 Å². The van der Waals surface area contributed by atoms with E-state index in [2.05, 4.69) is 78.3 Å². The maximum absolute atomic E-state index is 2.62. The van der Waals surface area contributed by atoms with E-state index >= 15 is 0 Å². The Kier molecular flexibility index (Phi) is 5.63. The van der Waals surface area contributed by atoms with E-state index in [9.17, 15) is 0 Å². The van der Waals surface area contributed by atoms with Gasteiger partial charge in [-0.2, -0.15) is 0 Å². The Morgan fingerprint density at radius 1 is 0.926 bits per heavy atom. The Balaban J connectivity index is 1.52. The van der Waals surface area contributed by atoms with Crippen molar-refractivity contribution in [2.75, 3.05) is 6.54 Å². The van der Waals surface area contributed by atoms with Crippen LogP contribution in [0.25, 0.3) is 16.6 Å². The molecule has 0 aliphatic heterocycles. The molecule has 0 bridgehead atoms. The summed E-state index contributed by atoms with van der Waals surface area (Å²) in [6.45, 7) is 5.83. The molecule has 0 unspecified atom stereocenters. The minimum atomic E-state index is 0.843. The largest absolute Gasteiger partial charge is 0.344 e. The SMILES string of the molecule is CCC1CCC([NH2+]CCc2c(C)n(-c3ccccc3)c3ccccc23)CC1. The second kappa shape index (κ2) is 8.31. The number of fused-ring (bicyclic) bond motifs is 1. The molecule has 27 heavy (non-hydrogen) atoms. The van der Waals surface area contributed by atoms with Crippen LogP contribution in [-0.4, -0.2) is 17.2 Å². The zero-order chi connectivity index (χ0) is 18.6. The van der Waals surface area contributed by atoms with Crippen LogP contribution in [-0.2, 0) is 6.42 Å². The molecule has 142 valence electrons. The molecule has 1 fully saturated rings. The number of nitrogens with two attached hydrogens (primary N) is 1. The van der Waals surface area contributed by atoms with Crippen LogP contribution >= 0.6 is 0 Å². The van der Waals surface area contributed by atoms with Gasteiger partial charge in [-0.15, -0.1) is 0 Å². The third kappa shape index (κ3) is 3.82. The molecule has 0 atom stereocenters. The number of para-hydroxylation sites is 2. The molecule has 1 aromatic heterocycles. The molecule has 2 aromatic carbocycles. The summed E-state index contributed by atoms with van der Waals surface area (Å²) in [6.07, 6.45) is 8.20. The summed E-state index contributed by atoms with van der Waals surface area (Å²) >= 11 is 0. The Morgan fingerprint density at radius 3 is 2.37 bits per heavy atom. The topological polar surface area (TPSA) is 21.5 Å². The van der Waals surface area contributed by atoms with Crippen molar-refractivity contribution in [1.29, 1.82) is 0 Å². The molecule has 2 heteroatoms. The average molecular weight is 362 g/mol. The normalized spacial score (nSPS) is 20.2. The molecular formula is C25H33N2+. The van der Waals surface area contributed by atoms with Gasteiger partial charge in [0, 0.05) is 23.2 Å². The van der Waals surface area contributed by atoms with Gasteiger partial charge in [0.15, 0.2) is 0 Å². The summed E-state index contributed by atoms with van der Waals surface area (Å²) in [6, 6.07) is 20.5. The first-order chi connectivity index (χ1) is 13.3. The molecule has 2 nitrogen and oxygen atoms in total. The highest BCUT2D eigenvalue weighted by Gasteiger charge is 2.22. The highest BCUT2D eigenvalue weighted by atomic mass is 15.0. The van der Waals surface area contributed by atoms with Gasteiger partial charge in [-0.1, -0.05) is 49.7 Å². The van der Waals surface area contributed by atoms with E-state index in [1.807, 2.05) is 0 Å². The van der Waals surface area contributed by atoms with Crippen molar-refractivity contribution in [3.05, 3.63) is 65.9 Å². The number of rotatable bonds is 6. The molecule has 1 aliphatic rings. The van der Waals surface area contributed by atoms with Crippen molar-refractivity contribution >= 4 is 10.9 Å². The molecular weight excluding hydrogens is 328 g/mol. The Bertz CT molecular complexity index is 870. The maximum atomic E-state index is 2.62. The van der Waals surface area contributed by atoms with Crippen LogP contribution in [0.2, 0.25) is 0 Å². The minimum absolute atomic E-state index is 0.843. The number of benzene rings is 2. The molecule has 3 aromatic rings. The molecule has 0 saturated heterocycles. The van der Waals surface area contributed by atoms with E-state index < -0.39 is 0 Å². The standard InChI is InChI=1S/C25H32N2/c1-3-20-13-15-21(16-14-20)26-18-17-23-19(2)27(22-9-5-4-6-10-22)25-12-8-7-11-24(23)25/h4-12,20-21,26H,3,13-18H2,1-2H3/p+1. The van der Waals surface area contributed by atoms with Gasteiger partial charge in [0.2, 0.25) is 0 Å². The zero-order valence-electron chi connectivity index (χ0n) is 16.8. The highest BCUT2D eigenvalue weighted by molar-refractivity contribution is 5.87. The van der Waals surface area contributed by atoms with Gasteiger partial charge in [-0.3, -0.25) is 0 Å². The van der Waals surface area contributed by atoms with Crippen molar-refractivity contribution in [3.8, 4) is 5.69 Å². The second-order valence-corrected chi connectivity index (χ2v) is 8.22. The summed E-state index contributed by atoms with van der Waals surface area (Å²) in [5.41, 5.74) is 5.51. The van der Waals surface area contributed by atoms with E-state index in [-0.39, 0.29) is 0 Å². The fourth-order valence-electron chi connectivity index (χ4n) is 4.96. The summed E-state index contributed by atoms with van der Waals surface area (Å²) in [7, 11) is 0. The first-order valence-corrected chi connectivity index (χ1v) is 10.8.